The van der Waals surface area contributed by atoms with Crippen LogP contribution in [0.25, 0.3) is 16.6 Å². The van der Waals surface area contributed by atoms with E-state index in [0.29, 0.717) is 16.7 Å². The van der Waals surface area contributed by atoms with E-state index in [4.69, 9.17) is 0 Å². The van der Waals surface area contributed by atoms with Crippen LogP contribution in [-0.2, 0) is 4.74 Å². The molecular weight excluding hydrogens is 265 g/mol. The minimum Gasteiger partial charge on any atom is -0.465 e. The molecule has 20 heavy (non-hydrogen) atoms. The number of fused-ring (bicyclic) bond motifs is 3. The number of methoxy groups -OCH3 is 1. The van der Waals surface area contributed by atoms with Crippen LogP contribution in [0.2, 0.25) is 0 Å². The van der Waals surface area contributed by atoms with Crippen LogP contribution >= 0.6 is 0 Å². The second-order valence-electron chi connectivity index (χ2n) is 4.34. The number of carbonyl (C=O) groups excluding carboxylic acids is 1. The van der Waals surface area contributed by atoms with Gasteiger partial charge in [-0.25, -0.2) is 14.2 Å². The lowest BCUT2D eigenvalue weighted by Crippen LogP contribution is -2.12. The Hall–Kier alpha value is -2.70. The molecule has 1 aromatic carbocycles. The van der Waals surface area contributed by atoms with E-state index >= 15 is 0 Å². The van der Waals surface area contributed by atoms with E-state index in [0.717, 1.165) is 6.07 Å². The van der Waals surface area contributed by atoms with Gasteiger partial charge >= 0.3 is 5.97 Å². The lowest BCUT2D eigenvalue weighted by Gasteiger charge is -2.06. The van der Waals surface area contributed by atoms with Gasteiger partial charge in [-0.15, -0.1) is 0 Å². The fourth-order valence-corrected chi connectivity index (χ4v) is 2.20. The van der Waals surface area contributed by atoms with Gasteiger partial charge in [0.15, 0.2) is 0 Å². The van der Waals surface area contributed by atoms with Gasteiger partial charge in [0, 0.05) is 6.07 Å². The Kier molecular flexibility index (Phi) is 2.56. The van der Waals surface area contributed by atoms with E-state index in [1.165, 1.54) is 23.9 Å². The summed E-state index contributed by atoms with van der Waals surface area (Å²) in [7, 11) is 1.18. The van der Waals surface area contributed by atoms with E-state index < -0.39 is 11.8 Å². The maximum absolute atomic E-state index is 13.8. The van der Waals surface area contributed by atoms with Gasteiger partial charge in [-0.05, 0) is 13.0 Å². The van der Waals surface area contributed by atoms with Gasteiger partial charge in [0.1, 0.15) is 17.7 Å². The summed E-state index contributed by atoms with van der Waals surface area (Å²) in [5, 5.41) is 0. The molecule has 0 atom stereocenters. The number of rotatable bonds is 1. The van der Waals surface area contributed by atoms with Crippen LogP contribution in [0, 0.1) is 12.7 Å². The molecule has 0 radical (unpaired) electrons. The molecule has 1 N–H and O–H groups in total. The summed E-state index contributed by atoms with van der Waals surface area (Å²) in [5.74, 6) is -1.53. The molecule has 0 saturated carbocycles. The van der Waals surface area contributed by atoms with Gasteiger partial charge in [-0.2, -0.15) is 0 Å². The number of aromatic nitrogens is 3. The number of H-pyrrole nitrogens is 1. The molecule has 0 spiro atoms. The Labute approximate surface area is 111 Å². The zero-order valence-corrected chi connectivity index (χ0v) is 10.7. The number of benzene rings is 1. The first-order valence-corrected chi connectivity index (χ1v) is 5.80. The third kappa shape index (κ3) is 1.59. The fourth-order valence-electron chi connectivity index (χ4n) is 2.20. The highest BCUT2D eigenvalue weighted by molar-refractivity contribution is 5.94. The predicted molar refractivity (Wildman–Crippen MR) is 69.4 cm³/mol. The maximum Gasteiger partial charge on any atom is 0.340 e. The minimum absolute atomic E-state index is 0.195. The first-order valence-electron chi connectivity index (χ1n) is 5.80. The molecule has 2 heterocycles. The van der Waals surface area contributed by atoms with Crippen molar-refractivity contribution < 1.29 is 13.9 Å². The smallest absolute Gasteiger partial charge is 0.340 e. The molecule has 0 fully saturated rings. The molecule has 6 nitrogen and oxygen atoms in total. The summed E-state index contributed by atoms with van der Waals surface area (Å²) in [5.41, 5.74) is 1.11. The molecule has 102 valence electrons. The van der Waals surface area contributed by atoms with E-state index in [1.54, 1.807) is 6.92 Å². The summed E-state index contributed by atoms with van der Waals surface area (Å²) in [6.45, 7) is 1.70. The average molecular weight is 275 g/mol. The first-order chi connectivity index (χ1) is 9.52. The fraction of sp³-hybridized carbons (Fsp3) is 0.154. The lowest BCUT2D eigenvalue weighted by molar-refractivity contribution is 0.0595. The number of nitrogens with zero attached hydrogens (tertiary/aromatic N) is 2. The van der Waals surface area contributed by atoms with Crippen molar-refractivity contribution in [2.24, 2.45) is 0 Å². The Bertz CT molecular complexity index is 910. The molecule has 0 aliphatic carbocycles. The van der Waals surface area contributed by atoms with Gasteiger partial charge in [0.25, 0.3) is 5.56 Å². The molecule has 0 bridgehead atoms. The first kappa shape index (κ1) is 12.3. The second-order valence-corrected chi connectivity index (χ2v) is 4.34. The Morgan fingerprint density at radius 2 is 2.20 bits per heavy atom. The molecule has 0 aliphatic rings. The van der Waals surface area contributed by atoms with Crippen molar-refractivity contribution in [3.8, 4) is 0 Å². The number of hydrogen-bond acceptors (Lipinski definition) is 4. The van der Waals surface area contributed by atoms with E-state index in [2.05, 4.69) is 14.7 Å². The van der Waals surface area contributed by atoms with Gasteiger partial charge in [0.05, 0.1) is 29.4 Å². The second kappa shape index (κ2) is 4.16. The Balaban J connectivity index is 2.49. The molecule has 2 aromatic heterocycles. The normalized spacial score (nSPS) is 11.2. The van der Waals surface area contributed by atoms with Crippen molar-refractivity contribution in [3.63, 3.8) is 0 Å². The molecule has 3 rings (SSSR count). The maximum atomic E-state index is 13.8. The zero-order chi connectivity index (χ0) is 14.4. The number of halogens is 1. The van der Waals surface area contributed by atoms with Crippen molar-refractivity contribution in [1.82, 2.24) is 14.4 Å². The van der Waals surface area contributed by atoms with Crippen LogP contribution in [0.4, 0.5) is 4.39 Å². The van der Waals surface area contributed by atoms with Gasteiger partial charge in [-0.1, -0.05) is 0 Å². The summed E-state index contributed by atoms with van der Waals surface area (Å²) in [6, 6.07) is 2.43. The lowest BCUT2D eigenvalue weighted by atomic mass is 10.1. The third-order valence-electron chi connectivity index (χ3n) is 3.16. The van der Waals surface area contributed by atoms with Crippen molar-refractivity contribution in [2.45, 2.75) is 6.92 Å². The summed E-state index contributed by atoms with van der Waals surface area (Å²) in [4.78, 5) is 30.1. The number of carbonyl (C=O) groups is 1. The van der Waals surface area contributed by atoms with Gasteiger partial charge in [0.2, 0.25) is 0 Å². The van der Waals surface area contributed by atoms with Crippen LogP contribution in [-0.4, -0.2) is 27.4 Å². The molecular formula is C13H10FN3O3. The monoisotopic (exact) mass is 275 g/mol. The highest BCUT2D eigenvalue weighted by atomic mass is 19.1. The van der Waals surface area contributed by atoms with E-state index in [1.807, 2.05) is 0 Å². The van der Waals surface area contributed by atoms with Crippen LogP contribution in [0.5, 0.6) is 0 Å². The largest absolute Gasteiger partial charge is 0.465 e. The minimum atomic E-state index is -0.777. The molecule has 0 amide bonds. The molecule has 0 saturated heterocycles. The number of aryl methyl sites for hydroxylation is 1. The highest BCUT2D eigenvalue weighted by Gasteiger charge is 2.16. The van der Waals surface area contributed by atoms with Crippen molar-refractivity contribution in [2.75, 3.05) is 7.11 Å². The van der Waals surface area contributed by atoms with Crippen LogP contribution in [0.3, 0.4) is 0 Å². The number of nitrogens with one attached hydrogen (secondary N) is 1. The molecule has 7 heteroatoms. The third-order valence-corrected chi connectivity index (χ3v) is 3.16. The van der Waals surface area contributed by atoms with Crippen molar-refractivity contribution in [1.29, 1.82) is 0 Å². The van der Waals surface area contributed by atoms with Crippen LogP contribution in [0.15, 0.2) is 23.3 Å². The van der Waals surface area contributed by atoms with Gasteiger partial charge < -0.3 is 9.72 Å². The number of esters is 1. The predicted octanol–water partition coefficient (Wildman–Crippen LogP) is 1.41. The zero-order valence-electron chi connectivity index (χ0n) is 10.7. The average Bonchev–Trinajstić information content (AvgIpc) is 2.80. The SMILES string of the molecule is COC(=O)c1cc2c(cc1F)[nH]c(=O)c1c(C)ncn12. The van der Waals surface area contributed by atoms with Crippen molar-refractivity contribution >= 4 is 22.5 Å². The number of ether oxygens (including phenoxy) is 1. The van der Waals surface area contributed by atoms with E-state index in [-0.39, 0.29) is 16.6 Å². The van der Waals surface area contributed by atoms with Gasteiger partial charge in [-0.3, -0.25) is 9.20 Å². The Morgan fingerprint density at radius 1 is 1.45 bits per heavy atom. The van der Waals surface area contributed by atoms with Crippen LogP contribution < -0.4 is 5.56 Å². The summed E-state index contributed by atoms with van der Waals surface area (Å²) < 4.78 is 19.9. The topological polar surface area (TPSA) is 76.5 Å². The number of aromatic amines is 1. The molecule has 0 aliphatic heterocycles. The quantitative estimate of drug-likeness (QED) is 0.681. The number of hydrogen-bond donors (Lipinski definition) is 1. The van der Waals surface area contributed by atoms with Crippen molar-refractivity contribution in [3.05, 3.63) is 45.9 Å². The Morgan fingerprint density at radius 3 is 2.90 bits per heavy atom. The standard InChI is InChI=1S/C13H10FN3O3/c1-6-11-12(18)16-9-4-8(14)7(13(19)20-2)3-10(9)17(11)5-15-6/h3-5H,1-2H3,(H,16,18). The molecule has 0 unspecified atom stereocenters. The van der Waals surface area contributed by atoms with E-state index in [9.17, 15) is 14.0 Å². The van der Waals surface area contributed by atoms with Crippen LogP contribution in [0.1, 0.15) is 16.1 Å². The molecule has 3 aromatic rings. The summed E-state index contributed by atoms with van der Waals surface area (Å²) >= 11 is 0. The highest BCUT2D eigenvalue weighted by Crippen LogP contribution is 2.19. The number of imidazole rings is 1. The summed E-state index contributed by atoms with van der Waals surface area (Å²) in [6.07, 6.45) is 1.46.